The van der Waals surface area contributed by atoms with Gasteiger partial charge in [-0.1, -0.05) is 12.2 Å². The first-order chi connectivity index (χ1) is 8.81. The van der Waals surface area contributed by atoms with Crippen molar-refractivity contribution >= 4 is 23.2 Å². The third-order valence-electron chi connectivity index (χ3n) is 4.09. The van der Waals surface area contributed by atoms with E-state index in [4.69, 9.17) is 0 Å². The van der Waals surface area contributed by atoms with Crippen molar-refractivity contribution < 1.29 is 4.79 Å². The highest BCUT2D eigenvalue weighted by molar-refractivity contribution is 8.13. The van der Waals surface area contributed by atoms with Gasteiger partial charge in [0.05, 0.1) is 22.9 Å². The maximum Gasteiger partial charge on any atom is 0.241 e. The second kappa shape index (κ2) is 5.05. The van der Waals surface area contributed by atoms with Crippen molar-refractivity contribution in [2.45, 2.75) is 42.6 Å². The zero-order chi connectivity index (χ0) is 12.5. The molecule has 0 saturated carbocycles. The minimum atomic E-state index is -0.0981. The maximum absolute atomic E-state index is 12.7. The summed E-state index contributed by atoms with van der Waals surface area (Å²) in [7, 11) is 1.88. The van der Waals surface area contributed by atoms with E-state index in [2.05, 4.69) is 27.4 Å². The zero-order valence-corrected chi connectivity index (χ0v) is 11.4. The maximum atomic E-state index is 12.7. The van der Waals surface area contributed by atoms with E-state index in [-0.39, 0.29) is 17.2 Å². The van der Waals surface area contributed by atoms with Crippen LogP contribution in [0.2, 0.25) is 0 Å². The number of fused-ring (bicyclic) bond motifs is 1. The summed E-state index contributed by atoms with van der Waals surface area (Å²) in [5, 5.41) is 3.48. The van der Waals surface area contributed by atoms with E-state index in [1.165, 1.54) is 0 Å². The molecule has 3 aliphatic rings. The van der Waals surface area contributed by atoms with Crippen molar-refractivity contribution in [1.82, 2.24) is 10.2 Å². The number of rotatable bonds is 2. The second-order valence-electron chi connectivity index (χ2n) is 5.08. The number of thioether (sulfide) groups is 1. The Morgan fingerprint density at radius 3 is 3.11 bits per heavy atom. The summed E-state index contributed by atoms with van der Waals surface area (Å²) in [4.78, 5) is 19.2. The molecule has 1 amide bonds. The van der Waals surface area contributed by atoms with Crippen LogP contribution in [0.5, 0.6) is 0 Å². The lowest BCUT2D eigenvalue weighted by Gasteiger charge is -2.30. The Morgan fingerprint density at radius 1 is 1.50 bits per heavy atom. The van der Waals surface area contributed by atoms with E-state index < -0.39 is 0 Å². The van der Waals surface area contributed by atoms with Gasteiger partial charge in [-0.2, -0.15) is 0 Å². The van der Waals surface area contributed by atoms with Crippen LogP contribution in [0, 0.1) is 0 Å². The number of aliphatic imine (C=N–C) groups is 1. The van der Waals surface area contributed by atoms with Crippen LogP contribution in [0.4, 0.5) is 0 Å². The van der Waals surface area contributed by atoms with Gasteiger partial charge in [0.1, 0.15) is 6.04 Å². The first-order valence-electron chi connectivity index (χ1n) is 6.63. The molecule has 0 spiro atoms. The lowest BCUT2D eigenvalue weighted by molar-refractivity contribution is -0.134. The molecule has 1 N–H and O–H groups in total. The summed E-state index contributed by atoms with van der Waals surface area (Å²) in [5.74, 6) is 0.250. The minimum Gasteiger partial charge on any atom is -0.335 e. The average molecular weight is 265 g/mol. The van der Waals surface area contributed by atoms with Gasteiger partial charge in [0, 0.05) is 6.54 Å². The molecule has 1 aliphatic carbocycles. The lowest BCUT2D eigenvalue weighted by atomic mass is 10.1. The summed E-state index contributed by atoms with van der Waals surface area (Å²) in [6.45, 7) is 0.838. The van der Waals surface area contributed by atoms with Crippen LogP contribution in [0.1, 0.15) is 19.3 Å². The highest BCUT2D eigenvalue weighted by Crippen LogP contribution is 2.32. The van der Waals surface area contributed by atoms with Crippen LogP contribution in [0.15, 0.2) is 17.1 Å². The fourth-order valence-electron chi connectivity index (χ4n) is 3.09. The zero-order valence-electron chi connectivity index (χ0n) is 10.6. The number of nitrogens with one attached hydrogen (secondary N) is 1. The molecule has 3 rings (SSSR count). The largest absolute Gasteiger partial charge is 0.335 e. The average Bonchev–Trinajstić information content (AvgIpc) is 3.01. The summed E-state index contributed by atoms with van der Waals surface area (Å²) in [6, 6.07) is 0.506. The molecule has 1 saturated heterocycles. The van der Waals surface area contributed by atoms with Crippen LogP contribution in [-0.2, 0) is 4.79 Å². The third-order valence-corrected chi connectivity index (χ3v) is 5.24. The molecule has 2 heterocycles. The van der Waals surface area contributed by atoms with E-state index in [0.717, 1.165) is 25.8 Å². The first kappa shape index (κ1) is 12.2. The SMILES string of the molecule is CNC1C(=O)N(C2C=CCC2)CCC2N=CSC21. The molecule has 18 heavy (non-hydrogen) atoms. The number of carbonyl (C=O) groups excluding carboxylic acids is 1. The fourth-order valence-corrected chi connectivity index (χ4v) is 4.26. The molecular weight excluding hydrogens is 246 g/mol. The van der Waals surface area contributed by atoms with Crippen LogP contribution >= 0.6 is 11.8 Å². The molecule has 0 aromatic heterocycles. The number of allylic oxidation sites excluding steroid dienone is 1. The monoisotopic (exact) mass is 265 g/mol. The Labute approximate surface area is 112 Å². The predicted molar refractivity (Wildman–Crippen MR) is 75.0 cm³/mol. The van der Waals surface area contributed by atoms with Gasteiger partial charge >= 0.3 is 0 Å². The Balaban J connectivity index is 1.82. The molecule has 0 radical (unpaired) electrons. The highest BCUT2D eigenvalue weighted by atomic mass is 32.2. The van der Waals surface area contributed by atoms with Crippen LogP contribution in [0.25, 0.3) is 0 Å². The number of amides is 1. The molecule has 5 heteroatoms. The molecule has 0 aromatic carbocycles. The van der Waals surface area contributed by atoms with Gasteiger partial charge in [-0.25, -0.2) is 0 Å². The van der Waals surface area contributed by atoms with E-state index >= 15 is 0 Å². The van der Waals surface area contributed by atoms with Crippen LogP contribution < -0.4 is 5.32 Å². The molecule has 0 aromatic rings. The summed E-state index contributed by atoms with van der Waals surface area (Å²) < 4.78 is 0. The van der Waals surface area contributed by atoms with Crippen molar-refractivity contribution in [1.29, 1.82) is 0 Å². The van der Waals surface area contributed by atoms with Crippen LogP contribution in [0.3, 0.4) is 0 Å². The molecule has 2 aliphatic heterocycles. The smallest absolute Gasteiger partial charge is 0.241 e. The lowest BCUT2D eigenvalue weighted by Crippen LogP contribution is -2.51. The Hall–Kier alpha value is -0.810. The van der Waals surface area contributed by atoms with E-state index in [9.17, 15) is 4.79 Å². The van der Waals surface area contributed by atoms with Crippen LogP contribution in [-0.4, -0.2) is 53.3 Å². The van der Waals surface area contributed by atoms with Crippen molar-refractivity contribution in [3.8, 4) is 0 Å². The quantitative estimate of drug-likeness (QED) is 0.759. The summed E-state index contributed by atoms with van der Waals surface area (Å²) in [5.41, 5.74) is 1.91. The second-order valence-corrected chi connectivity index (χ2v) is 6.11. The Kier molecular flexibility index (Phi) is 3.43. The third kappa shape index (κ3) is 1.99. The molecular formula is C13H19N3OS. The summed E-state index contributed by atoms with van der Waals surface area (Å²) >= 11 is 1.70. The van der Waals surface area contributed by atoms with E-state index in [1.807, 2.05) is 12.6 Å². The molecule has 4 nitrogen and oxygen atoms in total. The topological polar surface area (TPSA) is 44.7 Å². The van der Waals surface area contributed by atoms with Gasteiger partial charge in [-0.3, -0.25) is 9.79 Å². The number of hydrogen-bond acceptors (Lipinski definition) is 4. The van der Waals surface area contributed by atoms with Gasteiger partial charge < -0.3 is 10.2 Å². The highest BCUT2D eigenvalue weighted by Gasteiger charge is 2.42. The number of likely N-dealkylation sites (tertiary alicyclic amines) is 1. The van der Waals surface area contributed by atoms with Gasteiger partial charge in [0.15, 0.2) is 0 Å². The summed E-state index contributed by atoms with van der Waals surface area (Å²) in [6.07, 6.45) is 7.53. The van der Waals surface area contributed by atoms with Gasteiger partial charge in [-0.05, 0) is 26.3 Å². The number of likely N-dealkylation sites (N-methyl/N-ethyl adjacent to an activating group) is 1. The Morgan fingerprint density at radius 2 is 2.39 bits per heavy atom. The van der Waals surface area contributed by atoms with Crippen molar-refractivity contribution in [3.05, 3.63) is 12.2 Å². The van der Waals surface area contributed by atoms with Crippen molar-refractivity contribution in [2.75, 3.05) is 13.6 Å². The molecule has 0 bridgehead atoms. The predicted octanol–water partition coefficient (Wildman–Crippen LogP) is 1.04. The molecule has 1 fully saturated rings. The normalized spacial score (nSPS) is 39.2. The number of hydrogen-bond donors (Lipinski definition) is 1. The minimum absolute atomic E-state index is 0.0981. The van der Waals surface area contributed by atoms with Gasteiger partial charge in [0.2, 0.25) is 5.91 Å². The van der Waals surface area contributed by atoms with Crippen molar-refractivity contribution in [3.63, 3.8) is 0 Å². The molecule has 98 valence electrons. The molecule has 4 atom stereocenters. The van der Waals surface area contributed by atoms with Gasteiger partial charge in [0.25, 0.3) is 0 Å². The fraction of sp³-hybridized carbons (Fsp3) is 0.692. The first-order valence-corrected chi connectivity index (χ1v) is 7.57. The van der Waals surface area contributed by atoms with Crippen molar-refractivity contribution in [2.24, 2.45) is 4.99 Å². The van der Waals surface area contributed by atoms with E-state index in [1.54, 1.807) is 11.8 Å². The van der Waals surface area contributed by atoms with E-state index in [0.29, 0.717) is 12.1 Å². The number of nitrogens with zero attached hydrogens (tertiary/aromatic N) is 2. The Bertz CT molecular complexity index is 396. The molecule has 4 unspecified atom stereocenters. The standard InChI is InChI=1S/C13H19N3OS/c1-14-11-12-10(15-8-18-12)6-7-16(13(11)17)9-4-2-3-5-9/h2,4,8-12,14H,3,5-7H2,1H3. The number of carbonyl (C=O) groups is 1. The van der Waals surface area contributed by atoms with Gasteiger partial charge in [-0.15, -0.1) is 11.8 Å².